The van der Waals surface area contributed by atoms with E-state index < -0.39 is 0 Å². The first-order valence-electron chi connectivity index (χ1n) is 5.60. The van der Waals surface area contributed by atoms with Crippen LogP contribution in [0.4, 0.5) is 0 Å². The number of aryl methyl sites for hydroxylation is 1. The molecule has 1 nitrogen and oxygen atoms in total. The van der Waals surface area contributed by atoms with E-state index in [0.29, 0.717) is 5.75 Å². The minimum absolute atomic E-state index is 0.358. The Morgan fingerprint density at radius 1 is 1.00 bits per heavy atom. The molecule has 0 atom stereocenters. The standard InChI is InChI=1S/C15H16O/c1-3-12-7-9-13(10-8-12)14-5-4-6-15(16)11(14)2/h4-10,16H,3H2,1-2H3. The Morgan fingerprint density at radius 3 is 2.31 bits per heavy atom. The number of phenolic OH excluding ortho intramolecular Hbond substituents is 1. The van der Waals surface area contributed by atoms with Crippen LogP contribution in [0.2, 0.25) is 0 Å². The molecule has 1 heteroatoms. The van der Waals surface area contributed by atoms with E-state index in [-0.39, 0.29) is 0 Å². The van der Waals surface area contributed by atoms with E-state index in [0.717, 1.165) is 23.1 Å². The smallest absolute Gasteiger partial charge is 0.119 e. The number of hydrogen-bond acceptors (Lipinski definition) is 1. The first-order valence-corrected chi connectivity index (χ1v) is 5.60. The van der Waals surface area contributed by atoms with Crippen molar-refractivity contribution in [2.45, 2.75) is 20.3 Å². The maximum atomic E-state index is 9.66. The van der Waals surface area contributed by atoms with Crippen LogP contribution in [0.15, 0.2) is 42.5 Å². The molecular weight excluding hydrogens is 196 g/mol. The second kappa shape index (κ2) is 4.40. The second-order valence-electron chi connectivity index (χ2n) is 4.00. The van der Waals surface area contributed by atoms with Gasteiger partial charge in [-0.3, -0.25) is 0 Å². The van der Waals surface area contributed by atoms with E-state index in [9.17, 15) is 5.11 Å². The fourth-order valence-corrected chi connectivity index (χ4v) is 1.86. The van der Waals surface area contributed by atoms with Crippen LogP contribution in [0.1, 0.15) is 18.1 Å². The molecule has 0 radical (unpaired) electrons. The normalized spacial score (nSPS) is 10.4. The summed E-state index contributed by atoms with van der Waals surface area (Å²) >= 11 is 0. The highest BCUT2D eigenvalue weighted by Crippen LogP contribution is 2.29. The Morgan fingerprint density at radius 2 is 1.69 bits per heavy atom. The van der Waals surface area contributed by atoms with E-state index in [2.05, 4.69) is 31.2 Å². The van der Waals surface area contributed by atoms with Crippen molar-refractivity contribution in [3.05, 3.63) is 53.6 Å². The summed E-state index contributed by atoms with van der Waals surface area (Å²) in [6.45, 7) is 4.09. The average Bonchev–Trinajstić information content (AvgIpc) is 2.33. The van der Waals surface area contributed by atoms with Crippen LogP contribution < -0.4 is 0 Å². The molecule has 0 amide bonds. The molecule has 0 spiro atoms. The predicted octanol–water partition coefficient (Wildman–Crippen LogP) is 3.93. The number of hydrogen-bond donors (Lipinski definition) is 1. The molecule has 0 fully saturated rings. The highest BCUT2D eigenvalue weighted by atomic mass is 16.3. The van der Waals surface area contributed by atoms with Gasteiger partial charge in [0.15, 0.2) is 0 Å². The van der Waals surface area contributed by atoms with E-state index in [4.69, 9.17) is 0 Å². The van der Waals surface area contributed by atoms with Crippen LogP contribution in [0.25, 0.3) is 11.1 Å². The summed E-state index contributed by atoms with van der Waals surface area (Å²) in [6.07, 6.45) is 1.05. The van der Waals surface area contributed by atoms with Gasteiger partial charge in [0.2, 0.25) is 0 Å². The van der Waals surface area contributed by atoms with E-state index in [1.54, 1.807) is 6.07 Å². The summed E-state index contributed by atoms with van der Waals surface area (Å²) in [5.74, 6) is 0.358. The van der Waals surface area contributed by atoms with Crippen molar-refractivity contribution in [2.24, 2.45) is 0 Å². The molecule has 0 bridgehead atoms. The van der Waals surface area contributed by atoms with Gasteiger partial charge in [0.05, 0.1) is 0 Å². The van der Waals surface area contributed by atoms with Crippen molar-refractivity contribution in [3.63, 3.8) is 0 Å². The van der Waals surface area contributed by atoms with Gasteiger partial charge in [-0.1, -0.05) is 43.3 Å². The fraction of sp³-hybridized carbons (Fsp3) is 0.200. The van der Waals surface area contributed by atoms with Crippen LogP contribution in [0, 0.1) is 6.92 Å². The highest BCUT2D eigenvalue weighted by molar-refractivity contribution is 5.69. The lowest BCUT2D eigenvalue weighted by Gasteiger charge is -2.08. The lowest BCUT2D eigenvalue weighted by molar-refractivity contribution is 0.471. The molecule has 2 aromatic rings. The number of rotatable bonds is 2. The summed E-state index contributed by atoms with van der Waals surface area (Å²) in [7, 11) is 0. The summed E-state index contributed by atoms with van der Waals surface area (Å²) in [6, 6.07) is 14.1. The molecule has 0 aliphatic carbocycles. The van der Waals surface area contributed by atoms with E-state index >= 15 is 0 Å². The number of benzene rings is 2. The molecule has 0 aromatic heterocycles. The van der Waals surface area contributed by atoms with Gasteiger partial charge in [-0.05, 0) is 41.7 Å². The molecule has 16 heavy (non-hydrogen) atoms. The van der Waals surface area contributed by atoms with Crippen molar-refractivity contribution >= 4 is 0 Å². The fourth-order valence-electron chi connectivity index (χ4n) is 1.86. The van der Waals surface area contributed by atoms with Crippen molar-refractivity contribution in [1.29, 1.82) is 0 Å². The zero-order valence-electron chi connectivity index (χ0n) is 9.70. The van der Waals surface area contributed by atoms with E-state index in [1.807, 2.05) is 19.1 Å². The maximum Gasteiger partial charge on any atom is 0.119 e. The third-order valence-corrected chi connectivity index (χ3v) is 2.98. The van der Waals surface area contributed by atoms with E-state index in [1.165, 1.54) is 5.56 Å². The van der Waals surface area contributed by atoms with Crippen LogP contribution in [-0.4, -0.2) is 5.11 Å². The summed E-state index contributed by atoms with van der Waals surface area (Å²) < 4.78 is 0. The van der Waals surface area contributed by atoms with Gasteiger partial charge in [-0.2, -0.15) is 0 Å². The lowest BCUT2D eigenvalue weighted by Crippen LogP contribution is -1.85. The van der Waals surface area contributed by atoms with Gasteiger partial charge < -0.3 is 5.11 Å². The minimum atomic E-state index is 0.358. The van der Waals surface area contributed by atoms with Gasteiger partial charge in [0, 0.05) is 0 Å². The number of aromatic hydroxyl groups is 1. The first-order chi connectivity index (χ1) is 7.72. The molecule has 2 rings (SSSR count). The monoisotopic (exact) mass is 212 g/mol. The number of phenols is 1. The average molecular weight is 212 g/mol. The molecule has 1 N–H and O–H groups in total. The van der Waals surface area contributed by atoms with Crippen molar-refractivity contribution < 1.29 is 5.11 Å². The van der Waals surface area contributed by atoms with Gasteiger partial charge in [0.25, 0.3) is 0 Å². The molecule has 0 heterocycles. The highest BCUT2D eigenvalue weighted by Gasteiger charge is 2.04. The second-order valence-corrected chi connectivity index (χ2v) is 4.00. The Balaban J connectivity index is 2.46. The summed E-state index contributed by atoms with van der Waals surface area (Å²) in [4.78, 5) is 0. The Kier molecular flexibility index (Phi) is 2.95. The summed E-state index contributed by atoms with van der Waals surface area (Å²) in [5.41, 5.74) is 4.53. The lowest BCUT2D eigenvalue weighted by atomic mass is 9.98. The third-order valence-electron chi connectivity index (χ3n) is 2.98. The molecule has 0 unspecified atom stereocenters. The maximum absolute atomic E-state index is 9.66. The predicted molar refractivity (Wildman–Crippen MR) is 67.7 cm³/mol. The molecule has 82 valence electrons. The Bertz CT molecular complexity index is 483. The quantitative estimate of drug-likeness (QED) is 0.799. The zero-order chi connectivity index (χ0) is 11.5. The zero-order valence-corrected chi connectivity index (χ0v) is 9.70. The summed E-state index contributed by atoms with van der Waals surface area (Å²) in [5, 5.41) is 9.66. The molecule has 0 saturated carbocycles. The van der Waals surface area contributed by atoms with Gasteiger partial charge >= 0.3 is 0 Å². The van der Waals surface area contributed by atoms with Gasteiger partial charge in [-0.25, -0.2) is 0 Å². The molecule has 0 aliphatic heterocycles. The van der Waals surface area contributed by atoms with Crippen molar-refractivity contribution in [1.82, 2.24) is 0 Å². The largest absolute Gasteiger partial charge is 0.508 e. The minimum Gasteiger partial charge on any atom is -0.508 e. The third kappa shape index (κ3) is 1.94. The SMILES string of the molecule is CCc1ccc(-c2cccc(O)c2C)cc1. The first kappa shape index (κ1) is 10.7. The topological polar surface area (TPSA) is 20.2 Å². The van der Waals surface area contributed by atoms with Crippen molar-refractivity contribution in [3.8, 4) is 16.9 Å². The molecule has 0 aliphatic rings. The van der Waals surface area contributed by atoms with Crippen LogP contribution in [0.3, 0.4) is 0 Å². The molecule has 2 aromatic carbocycles. The Labute approximate surface area is 96.4 Å². The van der Waals surface area contributed by atoms with Gasteiger partial charge in [0.1, 0.15) is 5.75 Å². The van der Waals surface area contributed by atoms with Crippen LogP contribution >= 0.6 is 0 Å². The molecule has 0 saturated heterocycles. The van der Waals surface area contributed by atoms with Crippen LogP contribution in [0.5, 0.6) is 5.75 Å². The molecular formula is C15H16O. The van der Waals surface area contributed by atoms with Crippen LogP contribution in [-0.2, 0) is 6.42 Å². The van der Waals surface area contributed by atoms with Crippen molar-refractivity contribution in [2.75, 3.05) is 0 Å². The Hall–Kier alpha value is -1.76. The van der Waals surface area contributed by atoms with Gasteiger partial charge in [-0.15, -0.1) is 0 Å².